The zero-order chi connectivity index (χ0) is 30.5. The number of anilines is 4. The molecule has 6 rings (SSSR count). The number of nitrogens with one attached hydrogen (secondary N) is 2. The van der Waals surface area contributed by atoms with E-state index in [0.29, 0.717) is 17.8 Å². The number of piperazine rings is 1. The van der Waals surface area contributed by atoms with Crippen molar-refractivity contribution in [1.29, 1.82) is 0 Å². The third kappa shape index (κ3) is 6.87. The van der Waals surface area contributed by atoms with Gasteiger partial charge >= 0.3 is 6.03 Å². The average molecular weight is 590 g/mol. The monoisotopic (exact) mass is 589 g/mol. The third-order valence-electron chi connectivity index (χ3n) is 8.03. The molecule has 0 atom stereocenters. The quantitative estimate of drug-likeness (QED) is 0.241. The molecule has 0 radical (unpaired) electrons. The molecule has 226 valence electrons. The van der Waals surface area contributed by atoms with Gasteiger partial charge in [-0.2, -0.15) is 0 Å². The van der Waals surface area contributed by atoms with Crippen molar-refractivity contribution in [2.45, 2.75) is 32.9 Å². The molecule has 0 aromatic heterocycles. The maximum atomic E-state index is 13.6. The van der Waals surface area contributed by atoms with Crippen LogP contribution in [-0.4, -0.2) is 55.7 Å². The number of fused-ring (bicyclic) bond motifs is 1. The standard InChI is InChI=1S/C36H39N5O3/c1-26(2)44-34-14-7-6-13-33(34)40-21-19-39(20-22-40)25-27-9-8-10-29(23-27)35(42)41-18-17-28-24-31(15-16-32(28)41)38-36(43)37-30-11-4-3-5-12-30/h3-16,23-24,26H,17-22,25H2,1-2H3,(H2,37,38,43). The predicted octanol–water partition coefficient (Wildman–Crippen LogP) is 6.64. The van der Waals surface area contributed by atoms with E-state index in [9.17, 15) is 9.59 Å². The topological polar surface area (TPSA) is 77.2 Å². The van der Waals surface area contributed by atoms with Crippen LogP contribution in [0.5, 0.6) is 5.75 Å². The summed E-state index contributed by atoms with van der Waals surface area (Å²) < 4.78 is 6.05. The van der Waals surface area contributed by atoms with Crippen LogP contribution in [0.4, 0.5) is 27.5 Å². The van der Waals surface area contributed by atoms with E-state index in [4.69, 9.17) is 4.74 Å². The molecule has 4 aromatic carbocycles. The Bertz CT molecular complexity index is 1620. The first-order chi connectivity index (χ1) is 21.4. The van der Waals surface area contributed by atoms with E-state index >= 15 is 0 Å². The Morgan fingerprint density at radius 1 is 0.750 bits per heavy atom. The summed E-state index contributed by atoms with van der Waals surface area (Å²) in [6.07, 6.45) is 0.876. The second-order valence-electron chi connectivity index (χ2n) is 11.6. The minimum atomic E-state index is -0.301. The van der Waals surface area contributed by atoms with Crippen LogP contribution in [0, 0.1) is 0 Å². The highest BCUT2D eigenvalue weighted by Gasteiger charge is 2.27. The lowest BCUT2D eigenvalue weighted by Gasteiger charge is -2.37. The summed E-state index contributed by atoms with van der Waals surface area (Å²) in [5.74, 6) is 0.936. The fraction of sp³-hybridized carbons (Fsp3) is 0.278. The number of rotatable bonds is 8. The van der Waals surface area contributed by atoms with E-state index in [1.54, 1.807) is 0 Å². The molecule has 4 aromatic rings. The highest BCUT2D eigenvalue weighted by atomic mass is 16.5. The normalized spacial score (nSPS) is 14.8. The molecule has 2 aliphatic rings. The third-order valence-corrected chi connectivity index (χ3v) is 8.03. The molecule has 0 bridgehead atoms. The number of amides is 3. The smallest absolute Gasteiger partial charge is 0.323 e. The lowest BCUT2D eigenvalue weighted by Crippen LogP contribution is -2.46. The number of urea groups is 1. The minimum Gasteiger partial charge on any atom is -0.489 e. The number of nitrogens with zero attached hydrogens (tertiary/aromatic N) is 3. The van der Waals surface area contributed by atoms with E-state index < -0.39 is 0 Å². The van der Waals surface area contributed by atoms with Gasteiger partial charge in [0.1, 0.15) is 5.75 Å². The summed E-state index contributed by atoms with van der Waals surface area (Å²) in [5.41, 5.74) is 6.35. The molecule has 3 amide bonds. The molecule has 0 saturated carbocycles. The van der Waals surface area contributed by atoms with Crippen molar-refractivity contribution in [3.05, 3.63) is 114 Å². The first-order valence-corrected chi connectivity index (χ1v) is 15.3. The SMILES string of the molecule is CC(C)Oc1ccccc1N1CCN(Cc2cccc(C(=O)N3CCc4cc(NC(=O)Nc5ccccc5)ccc43)c2)CC1. The van der Waals surface area contributed by atoms with Crippen molar-refractivity contribution in [3.63, 3.8) is 0 Å². The average Bonchev–Trinajstić information content (AvgIpc) is 3.45. The lowest BCUT2D eigenvalue weighted by molar-refractivity contribution is 0.0989. The lowest BCUT2D eigenvalue weighted by atomic mass is 10.1. The second-order valence-corrected chi connectivity index (χ2v) is 11.6. The summed E-state index contributed by atoms with van der Waals surface area (Å²) >= 11 is 0. The maximum Gasteiger partial charge on any atom is 0.323 e. The van der Waals surface area contributed by atoms with Crippen molar-refractivity contribution in [1.82, 2.24) is 4.90 Å². The van der Waals surface area contributed by atoms with Crippen LogP contribution in [0.1, 0.15) is 35.3 Å². The zero-order valence-corrected chi connectivity index (χ0v) is 25.3. The summed E-state index contributed by atoms with van der Waals surface area (Å²) in [6, 6.07) is 31.0. The Kier molecular flexibility index (Phi) is 8.79. The van der Waals surface area contributed by atoms with E-state index in [2.05, 4.69) is 52.5 Å². The van der Waals surface area contributed by atoms with Gasteiger partial charge in [0.2, 0.25) is 0 Å². The Hall–Kier alpha value is -4.82. The molecular weight excluding hydrogens is 550 g/mol. The zero-order valence-electron chi connectivity index (χ0n) is 25.3. The predicted molar refractivity (Wildman–Crippen MR) is 177 cm³/mol. The van der Waals surface area contributed by atoms with E-state index in [1.165, 1.54) is 0 Å². The largest absolute Gasteiger partial charge is 0.489 e. The molecule has 0 spiro atoms. The Labute approximate surface area is 259 Å². The van der Waals surface area contributed by atoms with Gasteiger partial charge in [0.05, 0.1) is 11.8 Å². The van der Waals surface area contributed by atoms with Crippen LogP contribution >= 0.6 is 0 Å². The van der Waals surface area contributed by atoms with E-state index in [0.717, 1.165) is 73.1 Å². The molecule has 2 N–H and O–H groups in total. The van der Waals surface area contributed by atoms with Crippen molar-refractivity contribution >= 4 is 34.7 Å². The van der Waals surface area contributed by atoms with Crippen LogP contribution in [0.2, 0.25) is 0 Å². The first kappa shape index (κ1) is 29.3. The van der Waals surface area contributed by atoms with E-state index in [1.807, 2.05) is 83.8 Å². The number of hydrogen-bond acceptors (Lipinski definition) is 5. The van der Waals surface area contributed by atoms with E-state index in [-0.39, 0.29) is 18.0 Å². The fourth-order valence-electron chi connectivity index (χ4n) is 5.94. The summed E-state index contributed by atoms with van der Waals surface area (Å²) in [4.78, 5) is 32.8. The Morgan fingerprint density at radius 2 is 1.50 bits per heavy atom. The van der Waals surface area contributed by atoms with Gasteiger partial charge in [-0.25, -0.2) is 4.79 Å². The van der Waals surface area contributed by atoms with Crippen LogP contribution < -0.4 is 25.2 Å². The van der Waals surface area contributed by atoms with Gasteiger partial charge in [-0.1, -0.05) is 42.5 Å². The van der Waals surface area contributed by atoms with Crippen molar-refractivity contribution in [2.75, 3.05) is 53.2 Å². The van der Waals surface area contributed by atoms with Gasteiger partial charge in [0.15, 0.2) is 0 Å². The summed E-state index contributed by atoms with van der Waals surface area (Å²) in [7, 11) is 0. The summed E-state index contributed by atoms with van der Waals surface area (Å²) in [6.45, 7) is 9.25. The van der Waals surface area contributed by atoms with Gasteiger partial charge in [-0.3, -0.25) is 9.69 Å². The molecule has 44 heavy (non-hydrogen) atoms. The van der Waals surface area contributed by atoms with Crippen molar-refractivity contribution < 1.29 is 14.3 Å². The minimum absolute atomic E-state index is 0.000270. The van der Waals surface area contributed by atoms with Gasteiger partial charge in [-0.05, 0) is 86.0 Å². The van der Waals surface area contributed by atoms with Crippen molar-refractivity contribution in [2.24, 2.45) is 0 Å². The Balaban J connectivity index is 1.06. The first-order valence-electron chi connectivity index (χ1n) is 15.3. The van der Waals surface area contributed by atoms with Crippen LogP contribution in [0.3, 0.4) is 0 Å². The van der Waals surface area contributed by atoms with Crippen LogP contribution in [0.25, 0.3) is 0 Å². The molecular formula is C36H39N5O3. The fourth-order valence-corrected chi connectivity index (χ4v) is 5.94. The molecule has 8 nitrogen and oxygen atoms in total. The molecule has 1 fully saturated rings. The number of benzene rings is 4. The highest BCUT2D eigenvalue weighted by molar-refractivity contribution is 6.07. The van der Waals surface area contributed by atoms with Gasteiger partial charge in [-0.15, -0.1) is 0 Å². The Morgan fingerprint density at radius 3 is 2.30 bits per heavy atom. The van der Waals surface area contributed by atoms with Crippen molar-refractivity contribution in [3.8, 4) is 5.75 Å². The molecule has 2 aliphatic heterocycles. The maximum absolute atomic E-state index is 13.6. The van der Waals surface area contributed by atoms with Gasteiger partial charge in [0.25, 0.3) is 5.91 Å². The molecule has 1 saturated heterocycles. The number of ether oxygens (including phenoxy) is 1. The molecule has 8 heteroatoms. The summed E-state index contributed by atoms with van der Waals surface area (Å²) in [5, 5.41) is 5.73. The highest BCUT2D eigenvalue weighted by Crippen LogP contribution is 2.32. The molecule has 0 aliphatic carbocycles. The number of para-hydroxylation sites is 3. The molecule has 2 heterocycles. The number of carbonyl (C=O) groups excluding carboxylic acids is 2. The molecule has 0 unspecified atom stereocenters. The van der Waals surface area contributed by atoms with Crippen LogP contribution in [-0.2, 0) is 13.0 Å². The number of carbonyl (C=O) groups is 2. The number of hydrogen-bond donors (Lipinski definition) is 2. The van der Waals surface area contributed by atoms with Crippen LogP contribution in [0.15, 0.2) is 97.1 Å². The van der Waals surface area contributed by atoms with Gasteiger partial charge in [0, 0.05) is 61.9 Å². The second kappa shape index (κ2) is 13.2. The van der Waals surface area contributed by atoms with Gasteiger partial charge < -0.3 is 25.2 Å².